The van der Waals surface area contributed by atoms with Gasteiger partial charge in [-0.25, -0.2) is 9.97 Å². The van der Waals surface area contributed by atoms with Crippen LogP contribution in [0.15, 0.2) is 42.0 Å². The molecule has 4 nitrogen and oxygen atoms in total. The first-order valence-corrected chi connectivity index (χ1v) is 7.44. The number of fused-ring (bicyclic) bond motifs is 1. The summed E-state index contributed by atoms with van der Waals surface area (Å²) in [6.45, 7) is 3.75. The predicted molar refractivity (Wildman–Crippen MR) is 85.0 cm³/mol. The number of hydrogen-bond donors (Lipinski definition) is 1. The fourth-order valence-electron chi connectivity index (χ4n) is 2.25. The Morgan fingerprint density at radius 1 is 1.20 bits per heavy atom. The predicted octanol–water partition coefficient (Wildman–Crippen LogP) is 3.30. The molecule has 0 spiro atoms. The zero-order chi connectivity index (χ0) is 13.9. The Labute approximate surface area is 121 Å². The topological polar surface area (TPSA) is 55.0 Å². The lowest BCUT2D eigenvalue weighted by Crippen LogP contribution is -2.23. The number of anilines is 2. The van der Waals surface area contributed by atoms with Gasteiger partial charge in [-0.3, -0.25) is 0 Å². The van der Waals surface area contributed by atoms with E-state index in [1.54, 1.807) is 17.7 Å². The van der Waals surface area contributed by atoms with Gasteiger partial charge in [-0.05, 0) is 30.0 Å². The van der Waals surface area contributed by atoms with Crippen LogP contribution in [0.5, 0.6) is 0 Å². The molecule has 0 unspecified atom stereocenters. The van der Waals surface area contributed by atoms with Gasteiger partial charge in [0.25, 0.3) is 0 Å². The Balaban J connectivity index is 1.98. The molecule has 2 N–H and O–H groups in total. The van der Waals surface area contributed by atoms with Crippen LogP contribution in [0.3, 0.4) is 0 Å². The van der Waals surface area contributed by atoms with Crippen molar-refractivity contribution >= 4 is 33.1 Å². The van der Waals surface area contributed by atoms with Crippen LogP contribution in [-0.2, 0) is 6.54 Å². The molecule has 5 heteroatoms. The minimum absolute atomic E-state index is 0.755. The van der Waals surface area contributed by atoms with Crippen molar-refractivity contribution in [3.8, 4) is 0 Å². The summed E-state index contributed by atoms with van der Waals surface area (Å²) in [4.78, 5) is 12.0. The molecule has 0 bridgehead atoms. The molecule has 3 aromatic rings. The Kier molecular flexibility index (Phi) is 3.52. The molecular weight excluding hydrogens is 268 g/mol. The van der Waals surface area contributed by atoms with Gasteiger partial charge in [-0.1, -0.05) is 18.2 Å². The molecule has 1 aromatic carbocycles. The normalized spacial score (nSPS) is 10.8. The summed E-state index contributed by atoms with van der Waals surface area (Å²) in [7, 11) is 0. The molecule has 20 heavy (non-hydrogen) atoms. The first kappa shape index (κ1) is 12.9. The number of rotatable bonds is 4. The molecule has 0 radical (unpaired) electrons. The zero-order valence-corrected chi connectivity index (χ0v) is 12.1. The summed E-state index contributed by atoms with van der Waals surface area (Å²) in [5, 5.41) is 3.15. The fraction of sp³-hybridized carbons (Fsp3) is 0.200. The molecule has 3 rings (SSSR count). The van der Waals surface area contributed by atoms with Crippen LogP contribution in [0.1, 0.15) is 12.5 Å². The van der Waals surface area contributed by atoms with Crippen molar-refractivity contribution in [2.45, 2.75) is 13.5 Å². The smallest absolute Gasteiger partial charge is 0.141 e. The van der Waals surface area contributed by atoms with E-state index in [1.807, 2.05) is 23.6 Å². The van der Waals surface area contributed by atoms with Crippen molar-refractivity contribution in [2.75, 3.05) is 17.2 Å². The van der Waals surface area contributed by atoms with Crippen molar-refractivity contribution in [2.24, 2.45) is 0 Å². The molecular formula is C15H16N4S. The van der Waals surface area contributed by atoms with Crippen molar-refractivity contribution in [3.05, 3.63) is 47.6 Å². The minimum Gasteiger partial charge on any atom is -0.398 e. The van der Waals surface area contributed by atoms with Crippen LogP contribution in [0.2, 0.25) is 0 Å². The van der Waals surface area contributed by atoms with Gasteiger partial charge in [0, 0.05) is 18.8 Å². The lowest BCUT2D eigenvalue weighted by atomic mass is 10.1. The summed E-state index contributed by atoms with van der Waals surface area (Å²) >= 11 is 1.64. The second-order valence-corrected chi connectivity index (χ2v) is 5.44. The quantitative estimate of drug-likeness (QED) is 0.747. The van der Waals surface area contributed by atoms with E-state index in [2.05, 4.69) is 33.9 Å². The molecule has 0 saturated heterocycles. The lowest BCUT2D eigenvalue weighted by molar-refractivity contribution is 0.818. The Hall–Kier alpha value is -2.14. The van der Waals surface area contributed by atoms with Gasteiger partial charge in [0.1, 0.15) is 17.0 Å². The van der Waals surface area contributed by atoms with Crippen molar-refractivity contribution in [1.82, 2.24) is 9.97 Å². The molecule has 0 amide bonds. The van der Waals surface area contributed by atoms with E-state index < -0.39 is 0 Å². The fourth-order valence-corrected chi connectivity index (χ4v) is 2.98. The monoisotopic (exact) mass is 284 g/mol. The standard InChI is InChI=1S/C15H16N4S/c1-2-19(9-11-5-3-4-6-13(11)16)14-12-7-8-20-15(12)18-10-17-14/h3-8,10H,2,9,16H2,1H3. The van der Waals surface area contributed by atoms with Crippen molar-refractivity contribution in [1.29, 1.82) is 0 Å². The number of benzene rings is 1. The highest BCUT2D eigenvalue weighted by Gasteiger charge is 2.13. The largest absolute Gasteiger partial charge is 0.398 e. The molecule has 0 saturated carbocycles. The maximum Gasteiger partial charge on any atom is 0.141 e. The molecule has 2 aromatic heterocycles. The number of nitrogens with two attached hydrogens (primary N) is 1. The molecule has 0 atom stereocenters. The van der Waals surface area contributed by atoms with Gasteiger partial charge in [-0.15, -0.1) is 11.3 Å². The third-order valence-corrected chi connectivity index (χ3v) is 4.16. The minimum atomic E-state index is 0.755. The molecule has 0 aliphatic carbocycles. The Morgan fingerprint density at radius 2 is 2.05 bits per heavy atom. The zero-order valence-electron chi connectivity index (χ0n) is 11.3. The molecule has 0 fully saturated rings. The summed E-state index contributed by atoms with van der Waals surface area (Å²) in [6, 6.07) is 10.0. The average Bonchev–Trinajstić information content (AvgIpc) is 2.95. The highest BCUT2D eigenvalue weighted by atomic mass is 32.1. The molecule has 0 aliphatic heterocycles. The van der Waals surface area contributed by atoms with Crippen LogP contribution >= 0.6 is 11.3 Å². The lowest BCUT2D eigenvalue weighted by Gasteiger charge is -2.23. The number of thiophene rings is 1. The second-order valence-electron chi connectivity index (χ2n) is 4.55. The van der Waals surface area contributed by atoms with E-state index >= 15 is 0 Å². The SMILES string of the molecule is CCN(Cc1ccccc1N)c1ncnc2sccc12. The Morgan fingerprint density at radius 3 is 2.85 bits per heavy atom. The van der Waals surface area contributed by atoms with E-state index in [0.717, 1.165) is 40.4 Å². The van der Waals surface area contributed by atoms with E-state index in [1.165, 1.54) is 0 Å². The highest BCUT2D eigenvalue weighted by Crippen LogP contribution is 2.28. The third kappa shape index (κ3) is 2.32. The van der Waals surface area contributed by atoms with Gasteiger partial charge >= 0.3 is 0 Å². The van der Waals surface area contributed by atoms with Gasteiger partial charge in [0.15, 0.2) is 0 Å². The van der Waals surface area contributed by atoms with E-state index in [4.69, 9.17) is 5.73 Å². The first-order chi connectivity index (χ1) is 9.79. The van der Waals surface area contributed by atoms with E-state index in [0.29, 0.717) is 0 Å². The number of aromatic nitrogens is 2. The van der Waals surface area contributed by atoms with Gasteiger partial charge < -0.3 is 10.6 Å². The molecule has 0 aliphatic rings. The number of para-hydroxylation sites is 1. The Bertz CT molecular complexity index is 722. The number of hydrogen-bond acceptors (Lipinski definition) is 5. The van der Waals surface area contributed by atoms with Crippen LogP contribution in [0, 0.1) is 0 Å². The first-order valence-electron chi connectivity index (χ1n) is 6.56. The van der Waals surface area contributed by atoms with Gasteiger partial charge in [0.2, 0.25) is 0 Å². The second kappa shape index (κ2) is 5.46. The summed E-state index contributed by atoms with van der Waals surface area (Å²) in [5.41, 5.74) is 7.98. The van der Waals surface area contributed by atoms with E-state index in [9.17, 15) is 0 Å². The number of nitrogens with zero attached hydrogens (tertiary/aromatic N) is 3. The van der Waals surface area contributed by atoms with Crippen LogP contribution < -0.4 is 10.6 Å². The molecule has 102 valence electrons. The van der Waals surface area contributed by atoms with E-state index in [-0.39, 0.29) is 0 Å². The average molecular weight is 284 g/mol. The summed E-state index contributed by atoms with van der Waals surface area (Å²) in [6.07, 6.45) is 1.63. The van der Waals surface area contributed by atoms with Crippen LogP contribution in [0.4, 0.5) is 11.5 Å². The maximum absolute atomic E-state index is 6.04. The van der Waals surface area contributed by atoms with Crippen molar-refractivity contribution in [3.63, 3.8) is 0 Å². The number of nitrogen functional groups attached to an aromatic ring is 1. The van der Waals surface area contributed by atoms with Gasteiger partial charge in [0.05, 0.1) is 5.39 Å². The molecule has 2 heterocycles. The summed E-state index contributed by atoms with van der Waals surface area (Å²) in [5.74, 6) is 0.974. The third-order valence-electron chi connectivity index (χ3n) is 3.34. The highest BCUT2D eigenvalue weighted by molar-refractivity contribution is 7.16. The maximum atomic E-state index is 6.04. The summed E-state index contributed by atoms with van der Waals surface area (Å²) < 4.78 is 0. The van der Waals surface area contributed by atoms with Crippen molar-refractivity contribution < 1.29 is 0 Å². The van der Waals surface area contributed by atoms with Crippen LogP contribution in [-0.4, -0.2) is 16.5 Å². The van der Waals surface area contributed by atoms with Gasteiger partial charge in [-0.2, -0.15) is 0 Å². The van der Waals surface area contributed by atoms with Crippen LogP contribution in [0.25, 0.3) is 10.2 Å².